The lowest BCUT2D eigenvalue weighted by Crippen LogP contribution is -2.55. The molecule has 0 bridgehead atoms. The molecular formula is C33H34BrN5O4. The summed E-state index contributed by atoms with van der Waals surface area (Å²) in [5.41, 5.74) is 9.49. The number of carbonyl (C=O) groups is 2. The zero-order chi connectivity index (χ0) is 29.5. The molecule has 0 spiro atoms. The summed E-state index contributed by atoms with van der Waals surface area (Å²) in [6, 6.07) is 15.5. The fourth-order valence-electron chi connectivity index (χ4n) is 6.92. The van der Waals surface area contributed by atoms with Gasteiger partial charge < -0.3 is 19.1 Å². The largest absolute Gasteiger partial charge is 0.489 e. The van der Waals surface area contributed by atoms with Gasteiger partial charge in [-0.25, -0.2) is 9.99 Å². The number of amides is 1. The van der Waals surface area contributed by atoms with Gasteiger partial charge in [0, 0.05) is 59.9 Å². The molecule has 4 aromatic rings. The van der Waals surface area contributed by atoms with Crippen LogP contribution in [0.2, 0.25) is 0 Å². The van der Waals surface area contributed by atoms with Crippen LogP contribution in [-0.4, -0.2) is 55.4 Å². The van der Waals surface area contributed by atoms with Gasteiger partial charge in [-0.05, 0) is 66.3 Å². The van der Waals surface area contributed by atoms with Crippen LogP contribution in [0, 0.1) is 5.92 Å². The fraction of sp³-hybridized carbons (Fsp3) is 0.364. The van der Waals surface area contributed by atoms with Crippen LogP contribution in [0.1, 0.15) is 64.3 Å². The number of carbonyl (C=O) groups excluding carboxylic acids is 1. The first kappa shape index (κ1) is 28.1. The maximum Gasteiger partial charge on any atom is 0.308 e. The smallest absolute Gasteiger partial charge is 0.308 e. The maximum atomic E-state index is 13.5. The van der Waals surface area contributed by atoms with Crippen LogP contribution in [0.25, 0.3) is 5.65 Å². The molecule has 1 aliphatic carbocycles. The lowest BCUT2D eigenvalue weighted by Gasteiger charge is -2.43. The Morgan fingerprint density at radius 3 is 2.84 bits per heavy atom. The number of carboxylic acids is 1. The number of nitrogens with zero attached hydrogens (tertiary/aromatic N) is 4. The highest BCUT2D eigenvalue weighted by molar-refractivity contribution is 9.10. The van der Waals surface area contributed by atoms with Crippen molar-refractivity contribution in [1.82, 2.24) is 24.7 Å². The normalized spacial score (nSPS) is 22.0. The molecule has 4 heterocycles. The molecule has 1 saturated carbocycles. The Morgan fingerprint density at radius 1 is 1.12 bits per heavy atom. The van der Waals surface area contributed by atoms with Crippen molar-refractivity contribution in [2.45, 2.75) is 57.3 Å². The van der Waals surface area contributed by atoms with Gasteiger partial charge in [0.2, 0.25) is 0 Å². The number of benzene rings is 2. The van der Waals surface area contributed by atoms with Crippen molar-refractivity contribution in [3.63, 3.8) is 0 Å². The van der Waals surface area contributed by atoms with Gasteiger partial charge in [0.05, 0.1) is 12.0 Å². The molecule has 3 unspecified atom stereocenters. The number of fused-ring (bicyclic) bond motifs is 3. The zero-order valence-electron chi connectivity index (χ0n) is 23.8. The number of hydrazine groups is 1. The summed E-state index contributed by atoms with van der Waals surface area (Å²) in [6.07, 6.45) is 9.82. The van der Waals surface area contributed by atoms with E-state index in [1.54, 1.807) is 6.20 Å². The molecule has 3 aliphatic rings. The van der Waals surface area contributed by atoms with Crippen molar-refractivity contribution in [3.8, 4) is 5.75 Å². The average Bonchev–Trinajstić information content (AvgIpc) is 3.62. The van der Waals surface area contributed by atoms with E-state index in [4.69, 9.17) is 4.74 Å². The minimum Gasteiger partial charge on any atom is -0.489 e. The van der Waals surface area contributed by atoms with Crippen LogP contribution in [-0.2, 0) is 24.4 Å². The van der Waals surface area contributed by atoms with Gasteiger partial charge >= 0.3 is 5.97 Å². The van der Waals surface area contributed by atoms with Crippen LogP contribution in [0.5, 0.6) is 5.75 Å². The highest BCUT2D eigenvalue weighted by Crippen LogP contribution is 2.42. The van der Waals surface area contributed by atoms with E-state index in [0.717, 1.165) is 69.4 Å². The van der Waals surface area contributed by atoms with E-state index in [1.165, 1.54) is 0 Å². The van der Waals surface area contributed by atoms with Crippen molar-refractivity contribution in [2.24, 2.45) is 5.92 Å². The first-order valence-corrected chi connectivity index (χ1v) is 15.7. The lowest BCUT2D eigenvalue weighted by molar-refractivity contribution is -0.144. The number of imidazole rings is 1. The van der Waals surface area contributed by atoms with Crippen molar-refractivity contribution < 1.29 is 19.4 Å². The Balaban J connectivity index is 1.23. The van der Waals surface area contributed by atoms with E-state index in [2.05, 4.69) is 31.3 Å². The highest BCUT2D eigenvalue weighted by atomic mass is 79.9. The summed E-state index contributed by atoms with van der Waals surface area (Å²) in [4.78, 5) is 32.0. The summed E-state index contributed by atoms with van der Waals surface area (Å²) in [7, 11) is 0. The first-order valence-electron chi connectivity index (χ1n) is 14.9. The topological polar surface area (TPSA) is 99.4 Å². The Labute approximate surface area is 258 Å². The molecule has 0 radical (unpaired) electrons. The number of hydrogen-bond acceptors (Lipinski definition) is 6. The number of aliphatic carboxylic acids is 1. The van der Waals surface area contributed by atoms with E-state index in [9.17, 15) is 14.7 Å². The third-order valence-electron chi connectivity index (χ3n) is 9.13. The second kappa shape index (κ2) is 11.7. The number of carboxylic acid groups (broad SMARTS) is 1. The van der Waals surface area contributed by atoms with Gasteiger partial charge in [-0.3, -0.25) is 15.0 Å². The maximum absolute atomic E-state index is 13.5. The SMILES string of the molecule is O=C(O)C1CCCCC1NN1CCc2c(Br)ccc(OCc3ccn4ccnc4c3)c2C1CN1Cc2ccccc2C1=O. The van der Waals surface area contributed by atoms with Crippen LogP contribution in [0.3, 0.4) is 0 Å². The van der Waals surface area contributed by atoms with E-state index in [1.807, 2.05) is 70.2 Å². The van der Waals surface area contributed by atoms with Crippen molar-refractivity contribution in [1.29, 1.82) is 0 Å². The lowest BCUT2D eigenvalue weighted by atomic mass is 9.84. The minimum absolute atomic E-state index is 0.0224. The standard InChI is InChI=1S/C33H34BrN5O4/c34-26-9-10-29(43-20-21-11-14-37-16-13-35-30(37)17-21)31-24(26)12-15-39(36-27-8-4-3-7-25(27)33(41)42)28(31)19-38-18-22-5-1-2-6-23(22)32(38)40/h1-2,5-6,9-11,13-14,16-17,25,27-28,36H,3-4,7-8,12,15,18-20H2,(H,41,42). The van der Waals surface area contributed by atoms with E-state index in [0.29, 0.717) is 32.7 Å². The number of hydrogen-bond donors (Lipinski definition) is 2. The van der Waals surface area contributed by atoms with Crippen molar-refractivity contribution in [3.05, 3.63) is 99.4 Å². The summed E-state index contributed by atoms with van der Waals surface area (Å²) in [6.45, 7) is 2.05. The van der Waals surface area contributed by atoms with Gasteiger partial charge in [-0.15, -0.1) is 0 Å². The number of nitrogens with one attached hydrogen (secondary N) is 1. The summed E-state index contributed by atoms with van der Waals surface area (Å²) < 4.78 is 9.52. The number of rotatable bonds is 8. The molecule has 2 aromatic carbocycles. The fourth-order valence-corrected chi connectivity index (χ4v) is 7.46. The molecule has 43 heavy (non-hydrogen) atoms. The second-order valence-electron chi connectivity index (χ2n) is 11.7. The Kier molecular flexibility index (Phi) is 7.67. The zero-order valence-corrected chi connectivity index (χ0v) is 25.4. The quantitative estimate of drug-likeness (QED) is 0.266. The van der Waals surface area contributed by atoms with Crippen LogP contribution in [0.15, 0.2) is 71.6 Å². The summed E-state index contributed by atoms with van der Waals surface area (Å²) >= 11 is 3.79. The van der Waals surface area contributed by atoms with E-state index in [-0.39, 0.29) is 18.0 Å². The number of aromatic nitrogens is 2. The van der Waals surface area contributed by atoms with Crippen LogP contribution < -0.4 is 10.2 Å². The van der Waals surface area contributed by atoms with Crippen LogP contribution in [0.4, 0.5) is 0 Å². The average molecular weight is 645 g/mol. The number of halogens is 1. The first-order chi connectivity index (χ1) is 21.0. The minimum atomic E-state index is -0.752. The van der Waals surface area contributed by atoms with Crippen molar-refractivity contribution >= 4 is 33.5 Å². The number of ether oxygens (including phenoxy) is 1. The molecule has 2 N–H and O–H groups in total. The molecule has 1 amide bonds. The molecule has 2 aromatic heterocycles. The Bertz CT molecular complexity index is 1690. The summed E-state index contributed by atoms with van der Waals surface area (Å²) in [5, 5.41) is 12.2. The van der Waals surface area contributed by atoms with Gasteiger partial charge in [-0.2, -0.15) is 0 Å². The predicted octanol–water partition coefficient (Wildman–Crippen LogP) is 5.38. The molecule has 10 heteroatoms. The van der Waals surface area contributed by atoms with Crippen molar-refractivity contribution in [2.75, 3.05) is 13.1 Å². The third-order valence-corrected chi connectivity index (χ3v) is 9.88. The molecule has 7 rings (SSSR count). The summed E-state index contributed by atoms with van der Waals surface area (Å²) in [5.74, 6) is -0.406. The van der Waals surface area contributed by atoms with E-state index < -0.39 is 11.9 Å². The second-order valence-corrected chi connectivity index (χ2v) is 12.6. The molecule has 222 valence electrons. The van der Waals surface area contributed by atoms with Crippen LogP contribution >= 0.6 is 15.9 Å². The molecule has 1 fully saturated rings. The monoisotopic (exact) mass is 643 g/mol. The number of pyridine rings is 1. The predicted molar refractivity (Wildman–Crippen MR) is 165 cm³/mol. The highest BCUT2D eigenvalue weighted by Gasteiger charge is 2.39. The van der Waals surface area contributed by atoms with E-state index >= 15 is 0 Å². The van der Waals surface area contributed by atoms with Gasteiger partial charge in [0.1, 0.15) is 18.0 Å². The molecular weight excluding hydrogens is 610 g/mol. The van der Waals surface area contributed by atoms with Gasteiger partial charge in [0.15, 0.2) is 0 Å². The Morgan fingerprint density at radius 2 is 1.98 bits per heavy atom. The van der Waals surface area contributed by atoms with Gasteiger partial charge in [0.25, 0.3) is 5.91 Å². The van der Waals surface area contributed by atoms with Gasteiger partial charge in [-0.1, -0.05) is 47.0 Å². The molecule has 9 nitrogen and oxygen atoms in total. The Hall–Kier alpha value is -3.73. The molecule has 0 saturated heterocycles. The molecule has 3 atom stereocenters. The molecule has 2 aliphatic heterocycles. The third kappa shape index (κ3) is 5.43.